The number of rotatable bonds is 2. The summed E-state index contributed by atoms with van der Waals surface area (Å²) in [6.45, 7) is 1.79. The summed E-state index contributed by atoms with van der Waals surface area (Å²) in [4.78, 5) is 11.4. The minimum Gasteiger partial charge on any atom is -0.481 e. The molecule has 0 radical (unpaired) electrons. The molecule has 0 amide bonds. The van der Waals surface area contributed by atoms with Gasteiger partial charge in [-0.05, 0) is 63.2 Å². The van der Waals surface area contributed by atoms with Gasteiger partial charge in [0.25, 0.3) is 0 Å². The second-order valence-electron chi connectivity index (χ2n) is 7.58. The van der Waals surface area contributed by atoms with Gasteiger partial charge in [0.15, 0.2) is 0 Å². The second-order valence-corrected chi connectivity index (χ2v) is 7.58. The van der Waals surface area contributed by atoms with E-state index in [4.69, 9.17) is 0 Å². The van der Waals surface area contributed by atoms with E-state index < -0.39 is 11.9 Å². The molecule has 0 spiro atoms. The Labute approximate surface area is 119 Å². The Bertz CT molecular complexity index is 485. The normalized spacial score (nSPS) is 46.0. The van der Waals surface area contributed by atoms with Crippen molar-refractivity contribution in [2.45, 2.75) is 51.9 Å². The molecule has 5 aliphatic rings. The summed E-state index contributed by atoms with van der Waals surface area (Å²) in [6.07, 6.45) is 8.50. The molecule has 1 N–H and O–H groups in total. The zero-order valence-electron chi connectivity index (χ0n) is 12.0. The number of hydrogen-bond acceptors (Lipinski definition) is 3. The lowest BCUT2D eigenvalue weighted by Gasteiger charge is -2.57. The molecule has 4 bridgehead atoms. The van der Waals surface area contributed by atoms with Crippen LogP contribution in [0.25, 0.3) is 0 Å². The Kier molecular flexibility index (Phi) is 2.60. The monoisotopic (exact) mass is 274 g/mol. The number of aliphatic carboxylic acids is 1. The van der Waals surface area contributed by atoms with Crippen LogP contribution < -0.4 is 0 Å². The van der Waals surface area contributed by atoms with Gasteiger partial charge in [-0.15, -0.1) is 0 Å². The molecule has 4 heteroatoms. The lowest BCUT2D eigenvalue weighted by molar-refractivity contribution is -0.139. The van der Waals surface area contributed by atoms with Crippen molar-refractivity contribution in [2.24, 2.45) is 39.3 Å². The first-order chi connectivity index (χ1) is 9.56. The summed E-state index contributed by atoms with van der Waals surface area (Å²) in [5.41, 5.74) is 1.97. The van der Waals surface area contributed by atoms with Crippen molar-refractivity contribution in [1.82, 2.24) is 0 Å². The van der Waals surface area contributed by atoms with E-state index in [1.54, 1.807) is 6.92 Å². The third-order valence-electron chi connectivity index (χ3n) is 6.18. The Balaban J connectivity index is 1.66. The third kappa shape index (κ3) is 1.76. The van der Waals surface area contributed by atoms with Gasteiger partial charge in [-0.25, -0.2) is 0 Å². The first-order valence-electron chi connectivity index (χ1n) is 7.90. The van der Waals surface area contributed by atoms with Gasteiger partial charge in [0.2, 0.25) is 0 Å². The van der Waals surface area contributed by atoms with Gasteiger partial charge in [-0.3, -0.25) is 4.79 Å². The van der Waals surface area contributed by atoms with E-state index in [1.807, 2.05) is 0 Å². The highest BCUT2D eigenvalue weighted by molar-refractivity contribution is 6.07. The van der Waals surface area contributed by atoms with Crippen molar-refractivity contribution >= 4 is 17.4 Å². The maximum Gasteiger partial charge on any atom is 0.312 e. The summed E-state index contributed by atoms with van der Waals surface area (Å²) < 4.78 is 0. The average molecular weight is 274 g/mol. The summed E-state index contributed by atoms with van der Waals surface area (Å²) in [5.74, 6) is 1.39. The number of carbonyl (C=O) groups is 1. The molecule has 0 aromatic carbocycles. The van der Waals surface area contributed by atoms with Crippen molar-refractivity contribution < 1.29 is 9.90 Å². The van der Waals surface area contributed by atoms with Crippen LogP contribution in [0.3, 0.4) is 0 Å². The minimum atomic E-state index is -0.747. The molecule has 1 aliphatic heterocycles. The van der Waals surface area contributed by atoms with Crippen molar-refractivity contribution in [3.05, 3.63) is 0 Å². The van der Waals surface area contributed by atoms with E-state index in [0.717, 1.165) is 23.5 Å². The van der Waals surface area contributed by atoms with Crippen molar-refractivity contribution in [2.75, 3.05) is 0 Å². The molecular formula is C16H22N2O2. The van der Waals surface area contributed by atoms with Crippen LogP contribution in [0.1, 0.15) is 51.9 Å². The predicted octanol–water partition coefficient (Wildman–Crippen LogP) is 3.12. The number of nitrogens with zero attached hydrogens (tertiary/aromatic N) is 2. The van der Waals surface area contributed by atoms with E-state index in [-0.39, 0.29) is 5.41 Å². The van der Waals surface area contributed by atoms with E-state index in [1.165, 1.54) is 38.5 Å². The first kappa shape index (κ1) is 12.5. The van der Waals surface area contributed by atoms with E-state index in [9.17, 15) is 9.90 Å². The molecule has 4 nitrogen and oxygen atoms in total. The van der Waals surface area contributed by atoms with Gasteiger partial charge in [0.1, 0.15) is 5.92 Å². The first-order valence-corrected chi connectivity index (χ1v) is 7.90. The molecule has 1 heterocycles. The molecule has 20 heavy (non-hydrogen) atoms. The van der Waals surface area contributed by atoms with Crippen LogP contribution >= 0.6 is 0 Å². The second kappa shape index (κ2) is 4.15. The molecule has 0 aromatic rings. The fourth-order valence-electron chi connectivity index (χ4n) is 5.64. The molecule has 4 aliphatic carbocycles. The number of hydrogen-bond donors (Lipinski definition) is 1. The largest absolute Gasteiger partial charge is 0.481 e. The number of carboxylic acids is 1. The summed E-state index contributed by atoms with van der Waals surface area (Å²) in [7, 11) is 0. The highest BCUT2D eigenvalue weighted by atomic mass is 16.4. The third-order valence-corrected chi connectivity index (χ3v) is 6.18. The van der Waals surface area contributed by atoms with Gasteiger partial charge in [-0.1, -0.05) is 0 Å². The van der Waals surface area contributed by atoms with Gasteiger partial charge in [-0.2, -0.15) is 10.2 Å². The van der Waals surface area contributed by atoms with Crippen LogP contribution in [0.15, 0.2) is 10.2 Å². The predicted molar refractivity (Wildman–Crippen MR) is 76.9 cm³/mol. The van der Waals surface area contributed by atoms with Crippen molar-refractivity contribution in [1.29, 1.82) is 0 Å². The van der Waals surface area contributed by atoms with E-state index in [0.29, 0.717) is 12.1 Å². The van der Waals surface area contributed by atoms with Gasteiger partial charge in [0, 0.05) is 17.5 Å². The fraction of sp³-hybridized carbons (Fsp3) is 0.812. The molecule has 5 rings (SSSR count). The Hall–Kier alpha value is -1.19. The topological polar surface area (TPSA) is 62.0 Å². The smallest absolute Gasteiger partial charge is 0.312 e. The van der Waals surface area contributed by atoms with Crippen molar-refractivity contribution in [3.63, 3.8) is 0 Å². The van der Waals surface area contributed by atoms with Crippen LogP contribution in [-0.4, -0.2) is 22.5 Å². The quantitative estimate of drug-likeness (QED) is 0.841. The Morgan fingerprint density at radius 1 is 1.10 bits per heavy atom. The maximum absolute atomic E-state index is 11.4. The molecular weight excluding hydrogens is 252 g/mol. The maximum atomic E-state index is 11.4. The van der Waals surface area contributed by atoms with E-state index in [2.05, 4.69) is 10.2 Å². The molecule has 4 fully saturated rings. The highest BCUT2D eigenvalue weighted by Crippen LogP contribution is 2.61. The Morgan fingerprint density at radius 2 is 1.65 bits per heavy atom. The van der Waals surface area contributed by atoms with Crippen LogP contribution in [0.4, 0.5) is 0 Å². The van der Waals surface area contributed by atoms with Gasteiger partial charge < -0.3 is 5.11 Å². The van der Waals surface area contributed by atoms with Crippen LogP contribution in [0.2, 0.25) is 0 Å². The Morgan fingerprint density at radius 3 is 2.15 bits per heavy atom. The standard InChI is InChI=1S/C16H22N2O2/c1-9-13(15(19)20)5-14(18-17-9)16-6-10-2-11(7-16)4-12(3-10)8-16/h10-13H,2-8H2,1H3,(H,19,20). The SMILES string of the molecule is CC1=NN=C(C23CC4CC(CC(C4)C2)C3)CC1C(=O)O. The molecule has 1 atom stereocenters. The molecule has 1 unspecified atom stereocenters. The minimum absolute atomic E-state index is 0.201. The zero-order valence-corrected chi connectivity index (χ0v) is 12.0. The lowest BCUT2D eigenvalue weighted by atomic mass is 9.48. The summed E-state index contributed by atoms with van der Waals surface area (Å²) in [6, 6.07) is 0. The van der Waals surface area contributed by atoms with Crippen molar-refractivity contribution in [3.8, 4) is 0 Å². The van der Waals surface area contributed by atoms with E-state index >= 15 is 0 Å². The molecule has 0 saturated heterocycles. The number of carboxylic acid groups (broad SMARTS) is 1. The molecule has 4 saturated carbocycles. The van der Waals surface area contributed by atoms with Crippen LogP contribution in [0.5, 0.6) is 0 Å². The van der Waals surface area contributed by atoms with Gasteiger partial charge in [0.05, 0.1) is 5.71 Å². The average Bonchev–Trinajstić information content (AvgIpc) is 2.37. The molecule has 108 valence electrons. The van der Waals surface area contributed by atoms with Crippen LogP contribution in [-0.2, 0) is 4.79 Å². The zero-order chi connectivity index (χ0) is 13.9. The van der Waals surface area contributed by atoms with Crippen LogP contribution in [0, 0.1) is 29.1 Å². The fourth-order valence-corrected chi connectivity index (χ4v) is 5.64. The van der Waals surface area contributed by atoms with Gasteiger partial charge >= 0.3 is 5.97 Å². The highest BCUT2D eigenvalue weighted by Gasteiger charge is 2.54. The summed E-state index contributed by atoms with van der Waals surface area (Å²) in [5, 5.41) is 18.0. The molecule has 0 aromatic heterocycles. The summed E-state index contributed by atoms with van der Waals surface area (Å²) >= 11 is 0. The lowest BCUT2D eigenvalue weighted by Crippen LogP contribution is -2.51.